The summed E-state index contributed by atoms with van der Waals surface area (Å²) in [4.78, 5) is 20.9. The van der Waals surface area contributed by atoms with Crippen LogP contribution in [0, 0.1) is 17.6 Å². The fourth-order valence-corrected chi connectivity index (χ4v) is 4.54. The Morgan fingerprint density at radius 3 is 2.53 bits per heavy atom. The number of amides is 1. The lowest BCUT2D eigenvalue weighted by molar-refractivity contribution is -0.177. The molecule has 0 unspecified atom stereocenters. The van der Waals surface area contributed by atoms with E-state index in [1.54, 1.807) is 6.07 Å². The SMILES string of the molecule is O=C(O)N[C@@H]1C[C@@H](C(F)(F)F)CN(c2ccncc2Nc2ncc3ccc(-c4c(F)cccc4F)nn23)C1. The van der Waals surface area contributed by atoms with Crippen LogP contribution in [-0.4, -0.2) is 56.1 Å². The number of alkyl halides is 3. The summed E-state index contributed by atoms with van der Waals surface area (Å²) in [5.74, 6) is -3.23. The van der Waals surface area contributed by atoms with E-state index in [2.05, 4.69) is 25.7 Å². The molecular weight excluding hydrogens is 513 g/mol. The van der Waals surface area contributed by atoms with Crippen LogP contribution in [0.3, 0.4) is 0 Å². The Morgan fingerprint density at radius 2 is 1.82 bits per heavy atom. The molecule has 1 aliphatic rings. The van der Waals surface area contributed by atoms with Crippen LogP contribution in [0.1, 0.15) is 6.42 Å². The van der Waals surface area contributed by atoms with E-state index in [4.69, 9.17) is 5.11 Å². The highest BCUT2D eigenvalue weighted by Crippen LogP contribution is 2.37. The Bertz CT molecular complexity index is 1470. The molecule has 1 fully saturated rings. The standard InChI is InChI=1S/C24H20F5N7O2/c25-16-2-1-3-17(26)21(16)18-5-4-15-9-31-22(36(15)34-18)33-19-10-30-7-6-20(19)35-11-13(24(27,28)29)8-14(12-35)32-23(37)38/h1-7,9-10,13-14,32H,8,11-12H2,(H,31,33)(H,37,38)/t13-,14-/m1/s1. The first-order chi connectivity index (χ1) is 18.1. The molecule has 1 aliphatic heterocycles. The molecule has 0 aliphatic carbocycles. The van der Waals surface area contributed by atoms with Crippen LogP contribution in [0.4, 0.5) is 44.1 Å². The summed E-state index contributed by atoms with van der Waals surface area (Å²) in [5, 5.41) is 18.5. The van der Waals surface area contributed by atoms with E-state index >= 15 is 0 Å². The van der Waals surface area contributed by atoms with E-state index in [0.717, 1.165) is 12.1 Å². The molecule has 4 aromatic rings. The van der Waals surface area contributed by atoms with Crippen molar-refractivity contribution in [2.75, 3.05) is 23.3 Å². The van der Waals surface area contributed by atoms with Gasteiger partial charge in [0.25, 0.3) is 0 Å². The number of hydrogen-bond donors (Lipinski definition) is 3. The zero-order valence-electron chi connectivity index (χ0n) is 19.5. The van der Waals surface area contributed by atoms with Gasteiger partial charge in [0.1, 0.15) is 11.6 Å². The first-order valence-corrected chi connectivity index (χ1v) is 11.4. The second-order valence-electron chi connectivity index (χ2n) is 8.78. The molecule has 14 heteroatoms. The highest BCUT2D eigenvalue weighted by Gasteiger charge is 2.45. The largest absolute Gasteiger partial charge is 0.465 e. The van der Waals surface area contributed by atoms with Gasteiger partial charge in [-0.05, 0) is 36.8 Å². The van der Waals surface area contributed by atoms with E-state index < -0.39 is 42.4 Å². The molecule has 0 saturated carbocycles. The zero-order valence-corrected chi connectivity index (χ0v) is 19.5. The molecule has 198 valence electrons. The molecule has 2 atom stereocenters. The second-order valence-corrected chi connectivity index (χ2v) is 8.78. The fourth-order valence-electron chi connectivity index (χ4n) is 4.54. The number of benzene rings is 1. The lowest BCUT2D eigenvalue weighted by Gasteiger charge is -2.40. The smallest absolute Gasteiger partial charge is 0.404 e. The van der Waals surface area contributed by atoms with E-state index in [9.17, 15) is 26.7 Å². The molecule has 3 N–H and O–H groups in total. The number of carbonyl (C=O) groups is 1. The molecule has 5 rings (SSSR count). The third-order valence-electron chi connectivity index (χ3n) is 6.23. The van der Waals surface area contributed by atoms with Gasteiger partial charge in [-0.1, -0.05) is 6.07 Å². The molecule has 3 aromatic heterocycles. The predicted molar refractivity (Wildman–Crippen MR) is 127 cm³/mol. The number of rotatable bonds is 5. The summed E-state index contributed by atoms with van der Waals surface area (Å²) < 4.78 is 70.9. The number of aromatic nitrogens is 4. The van der Waals surface area contributed by atoms with Gasteiger partial charge in [-0.3, -0.25) is 4.98 Å². The number of anilines is 3. The van der Waals surface area contributed by atoms with Crippen LogP contribution in [0.2, 0.25) is 0 Å². The van der Waals surface area contributed by atoms with Crippen LogP contribution in [0.25, 0.3) is 16.8 Å². The van der Waals surface area contributed by atoms with Crippen molar-refractivity contribution in [3.63, 3.8) is 0 Å². The lowest BCUT2D eigenvalue weighted by Crippen LogP contribution is -2.53. The van der Waals surface area contributed by atoms with Crippen molar-refractivity contribution in [2.45, 2.75) is 18.6 Å². The minimum atomic E-state index is -4.53. The van der Waals surface area contributed by atoms with Crippen LogP contribution in [-0.2, 0) is 0 Å². The molecule has 0 radical (unpaired) electrons. The molecule has 1 aromatic carbocycles. The molecular formula is C24H20F5N7O2. The molecule has 9 nitrogen and oxygen atoms in total. The average Bonchev–Trinajstić information content (AvgIpc) is 3.25. The Balaban J connectivity index is 1.49. The Morgan fingerprint density at radius 1 is 1.05 bits per heavy atom. The van der Waals surface area contributed by atoms with Crippen molar-refractivity contribution in [1.29, 1.82) is 0 Å². The van der Waals surface area contributed by atoms with E-state index in [-0.39, 0.29) is 35.9 Å². The molecule has 0 bridgehead atoms. The van der Waals surface area contributed by atoms with E-state index in [0.29, 0.717) is 11.2 Å². The maximum atomic E-state index is 14.3. The van der Waals surface area contributed by atoms with Crippen LogP contribution < -0.4 is 15.5 Å². The number of hydrogen-bond acceptors (Lipinski definition) is 6. The first-order valence-electron chi connectivity index (χ1n) is 11.4. The molecule has 0 spiro atoms. The average molecular weight is 533 g/mol. The number of nitrogens with one attached hydrogen (secondary N) is 2. The number of halogens is 5. The Kier molecular flexibility index (Phi) is 6.46. The number of nitrogens with zero attached hydrogens (tertiary/aromatic N) is 5. The van der Waals surface area contributed by atoms with E-state index in [1.807, 2.05) is 0 Å². The van der Waals surface area contributed by atoms with Crippen molar-refractivity contribution in [1.82, 2.24) is 24.9 Å². The first kappa shape index (κ1) is 25.2. The molecule has 1 saturated heterocycles. The maximum absolute atomic E-state index is 14.3. The normalized spacial score (nSPS) is 18.0. The highest BCUT2D eigenvalue weighted by molar-refractivity contribution is 5.74. The van der Waals surface area contributed by atoms with Crippen LogP contribution in [0.5, 0.6) is 0 Å². The van der Waals surface area contributed by atoms with Gasteiger partial charge >= 0.3 is 12.3 Å². The van der Waals surface area contributed by atoms with Crippen molar-refractivity contribution in [3.8, 4) is 11.3 Å². The van der Waals surface area contributed by atoms with Crippen molar-refractivity contribution in [2.24, 2.45) is 5.92 Å². The third-order valence-corrected chi connectivity index (χ3v) is 6.23. The highest BCUT2D eigenvalue weighted by atomic mass is 19.4. The summed E-state index contributed by atoms with van der Waals surface area (Å²) in [5.41, 5.74) is 0.784. The minimum Gasteiger partial charge on any atom is -0.465 e. The van der Waals surface area contributed by atoms with Gasteiger partial charge in [-0.25, -0.2) is 18.6 Å². The predicted octanol–water partition coefficient (Wildman–Crippen LogP) is 4.84. The summed E-state index contributed by atoms with van der Waals surface area (Å²) in [6.45, 7) is -0.397. The molecule has 38 heavy (non-hydrogen) atoms. The third kappa shape index (κ3) is 5.01. The minimum absolute atomic E-state index is 0.00510. The Hall–Kier alpha value is -4.49. The van der Waals surface area contributed by atoms with Gasteiger partial charge in [-0.15, -0.1) is 0 Å². The van der Waals surface area contributed by atoms with Gasteiger partial charge < -0.3 is 20.6 Å². The quantitative estimate of drug-likeness (QED) is 0.315. The number of pyridine rings is 1. The summed E-state index contributed by atoms with van der Waals surface area (Å²) in [6, 6.07) is 7.01. The number of piperidine rings is 1. The maximum Gasteiger partial charge on any atom is 0.404 e. The topological polar surface area (TPSA) is 108 Å². The van der Waals surface area contributed by atoms with Crippen LogP contribution in [0.15, 0.2) is 55.0 Å². The van der Waals surface area contributed by atoms with Gasteiger partial charge in [0.2, 0.25) is 5.95 Å². The van der Waals surface area contributed by atoms with Gasteiger partial charge in [0.05, 0.1) is 52.5 Å². The van der Waals surface area contributed by atoms with Gasteiger partial charge in [-0.2, -0.15) is 22.8 Å². The summed E-state index contributed by atoms with van der Waals surface area (Å²) in [7, 11) is 0. The summed E-state index contributed by atoms with van der Waals surface area (Å²) in [6.07, 6.45) is -2.08. The van der Waals surface area contributed by atoms with Crippen molar-refractivity contribution in [3.05, 3.63) is 66.6 Å². The Labute approximate surface area is 211 Å². The van der Waals surface area contributed by atoms with Crippen LogP contribution >= 0.6 is 0 Å². The number of fused-ring (bicyclic) bond motifs is 1. The van der Waals surface area contributed by atoms with E-state index in [1.165, 1.54) is 46.2 Å². The molecule has 1 amide bonds. The van der Waals surface area contributed by atoms with Gasteiger partial charge in [0.15, 0.2) is 0 Å². The fraction of sp³-hybridized carbons (Fsp3) is 0.250. The molecule has 4 heterocycles. The monoisotopic (exact) mass is 533 g/mol. The van der Waals surface area contributed by atoms with Gasteiger partial charge in [0, 0.05) is 19.3 Å². The second kappa shape index (κ2) is 9.76. The lowest BCUT2D eigenvalue weighted by atomic mass is 9.93. The van der Waals surface area contributed by atoms with Crippen molar-refractivity contribution < 1.29 is 31.9 Å². The zero-order chi connectivity index (χ0) is 27.0. The summed E-state index contributed by atoms with van der Waals surface area (Å²) >= 11 is 0. The number of imidazole rings is 1. The van der Waals surface area contributed by atoms with Crippen molar-refractivity contribution >= 4 is 28.9 Å². The number of carboxylic acid groups (broad SMARTS) is 1.